The van der Waals surface area contributed by atoms with Gasteiger partial charge in [-0.3, -0.25) is 4.79 Å². The SMILES string of the molecule is COc1ccc(CC(=O)Nc2ncc(Cc3ccc(C)c(Cl)c3)s2)cc1OC. The number of halogens is 1. The summed E-state index contributed by atoms with van der Waals surface area (Å²) in [6, 6.07) is 11.4. The Bertz CT molecular complexity index is 988. The van der Waals surface area contributed by atoms with Gasteiger partial charge in [-0.15, -0.1) is 11.3 Å². The molecule has 0 unspecified atom stereocenters. The van der Waals surface area contributed by atoms with Gasteiger partial charge >= 0.3 is 0 Å². The smallest absolute Gasteiger partial charge is 0.230 e. The van der Waals surface area contributed by atoms with Gasteiger partial charge in [-0.25, -0.2) is 4.98 Å². The van der Waals surface area contributed by atoms with Crippen molar-refractivity contribution in [1.29, 1.82) is 0 Å². The molecule has 5 nitrogen and oxygen atoms in total. The Morgan fingerprint density at radius 1 is 1.11 bits per heavy atom. The lowest BCUT2D eigenvalue weighted by Crippen LogP contribution is -2.14. The number of benzene rings is 2. The summed E-state index contributed by atoms with van der Waals surface area (Å²) in [7, 11) is 3.15. The number of carbonyl (C=O) groups excluding carboxylic acids is 1. The molecule has 2 aromatic carbocycles. The number of nitrogens with zero attached hydrogens (tertiary/aromatic N) is 1. The quantitative estimate of drug-likeness (QED) is 0.595. The van der Waals surface area contributed by atoms with Gasteiger partial charge in [0.1, 0.15) is 0 Å². The number of amides is 1. The minimum Gasteiger partial charge on any atom is -0.493 e. The first kappa shape index (κ1) is 20.2. The summed E-state index contributed by atoms with van der Waals surface area (Å²) in [4.78, 5) is 17.7. The lowest BCUT2D eigenvalue weighted by Gasteiger charge is -2.09. The lowest BCUT2D eigenvalue weighted by molar-refractivity contribution is -0.115. The van der Waals surface area contributed by atoms with Gasteiger partial charge in [0.2, 0.25) is 5.91 Å². The zero-order valence-electron chi connectivity index (χ0n) is 15.9. The van der Waals surface area contributed by atoms with E-state index in [9.17, 15) is 4.79 Å². The summed E-state index contributed by atoms with van der Waals surface area (Å²) >= 11 is 7.65. The van der Waals surface area contributed by atoms with Crippen molar-refractivity contribution in [1.82, 2.24) is 4.98 Å². The molecule has 0 saturated carbocycles. The average molecular weight is 417 g/mol. The van der Waals surface area contributed by atoms with E-state index in [0.29, 0.717) is 16.6 Å². The molecule has 0 aliphatic carbocycles. The van der Waals surface area contributed by atoms with E-state index in [2.05, 4.69) is 16.4 Å². The van der Waals surface area contributed by atoms with Crippen LogP contribution in [-0.2, 0) is 17.6 Å². The summed E-state index contributed by atoms with van der Waals surface area (Å²) in [6.45, 7) is 1.98. The van der Waals surface area contributed by atoms with E-state index in [0.717, 1.165) is 33.0 Å². The maximum atomic E-state index is 12.4. The van der Waals surface area contributed by atoms with Crippen LogP contribution in [0.1, 0.15) is 21.6 Å². The molecule has 0 saturated heterocycles. The van der Waals surface area contributed by atoms with E-state index < -0.39 is 0 Å². The van der Waals surface area contributed by atoms with Crippen LogP contribution < -0.4 is 14.8 Å². The van der Waals surface area contributed by atoms with Crippen LogP contribution in [0.15, 0.2) is 42.6 Å². The Kier molecular flexibility index (Phi) is 6.54. The van der Waals surface area contributed by atoms with E-state index in [1.54, 1.807) is 32.5 Å². The van der Waals surface area contributed by atoms with E-state index in [1.807, 2.05) is 25.1 Å². The fourth-order valence-electron chi connectivity index (χ4n) is 2.73. The molecular weight excluding hydrogens is 396 g/mol. The molecule has 1 amide bonds. The Labute approximate surface area is 173 Å². The lowest BCUT2D eigenvalue weighted by atomic mass is 10.1. The van der Waals surface area contributed by atoms with Crippen molar-refractivity contribution in [2.24, 2.45) is 0 Å². The molecule has 7 heteroatoms. The fourth-order valence-corrected chi connectivity index (χ4v) is 3.80. The minimum absolute atomic E-state index is 0.133. The van der Waals surface area contributed by atoms with Gasteiger partial charge in [0.05, 0.1) is 20.6 Å². The summed E-state index contributed by atoms with van der Waals surface area (Å²) in [6.07, 6.45) is 2.73. The first-order valence-corrected chi connectivity index (χ1v) is 9.88. The van der Waals surface area contributed by atoms with Crippen LogP contribution in [0.4, 0.5) is 5.13 Å². The Hall–Kier alpha value is -2.57. The van der Waals surface area contributed by atoms with Crippen molar-refractivity contribution >= 4 is 34.0 Å². The highest BCUT2D eigenvalue weighted by molar-refractivity contribution is 7.15. The minimum atomic E-state index is -0.133. The van der Waals surface area contributed by atoms with Gasteiger partial charge in [-0.1, -0.05) is 29.8 Å². The second kappa shape index (κ2) is 9.08. The average Bonchev–Trinajstić information content (AvgIpc) is 3.11. The number of nitrogens with one attached hydrogen (secondary N) is 1. The van der Waals surface area contributed by atoms with Crippen LogP contribution >= 0.6 is 22.9 Å². The van der Waals surface area contributed by atoms with Crippen LogP contribution in [0.3, 0.4) is 0 Å². The number of carbonyl (C=O) groups is 1. The number of hydrogen-bond donors (Lipinski definition) is 1. The third-order valence-corrected chi connectivity index (χ3v) is 5.55. The highest BCUT2D eigenvalue weighted by atomic mass is 35.5. The molecule has 0 radical (unpaired) electrons. The number of thiazole rings is 1. The fraction of sp³-hybridized carbons (Fsp3) is 0.238. The summed E-state index contributed by atoms with van der Waals surface area (Å²) in [5.74, 6) is 1.10. The molecule has 1 N–H and O–H groups in total. The zero-order chi connectivity index (χ0) is 20.1. The second-order valence-electron chi connectivity index (χ2n) is 6.31. The standard InChI is InChI=1S/C21H21ClN2O3S/c1-13-4-5-14(9-17(13)22)8-16-12-23-21(28-16)24-20(25)11-15-6-7-18(26-2)19(10-15)27-3/h4-7,9-10,12H,8,11H2,1-3H3,(H,23,24,25). The van der Waals surface area contributed by atoms with E-state index in [4.69, 9.17) is 21.1 Å². The highest BCUT2D eigenvalue weighted by Gasteiger charge is 2.11. The van der Waals surface area contributed by atoms with Crippen molar-refractivity contribution in [2.75, 3.05) is 19.5 Å². The summed E-state index contributed by atoms with van der Waals surface area (Å²) in [5, 5.41) is 4.19. The summed E-state index contributed by atoms with van der Waals surface area (Å²) in [5.41, 5.74) is 3.00. The third kappa shape index (κ3) is 5.03. The van der Waals surface area contributed by atoms with Gasteiger partial charge in [0.25, 0.3) is 0 Å². The van der Waals surface area contributed by atoms with Gasteiger partial charge in [-0.05, 0) is 41.8 Å². The van der Waals surface area contributed by atoms with Crippen molar-refractivity contribution in [2.45, 2.75) is 19.8 Å². The molecule has 0 aliphatic rings. The number of rotatable bonds is 7. The molecule has 0 fully saturated rings. The normalized spacial score (nSPS) is 10.6. The van der Waals surface area contributed by atoms with Crippen LogP contribution in [0, 0.1) is 6.92 Å². The van der Waals surface area contributed by atoms with Gasteiger partial charge < -0.3 is 14.8 Å². The van der Waals surface area contributed by atoms with Crippen LogP contribution in [-0.4, -0.2) is 25.1 Å². The van der Waals surface area contributed by atoms with Crippen LogP contribution in [0.25, 0.3) is 0 Å². The number of hydrogen-bond acceptors (Lipinski definition) is 5. The molecule has 3 aromatic rings. The molecule has 0 aliphatic heterocycles. The maximum Gasteiger partial charge on any atom is 0.230 e. The number of aromatic nitrogens is 1. The van der Waals surface area contributed by atoms with Crippen LogP contribution in [0.5, 0.6) is 11.5 Å². The first-order valence-electron chi connectivity index (χ1n) is 8.69. The van der Waals surface area contributed by atoms with Crippen LogP contribution in [0.2, 0.25) is 5.02 Å². The largest absolute Gasteiger partial charge is 0.493 e. The maximum absolute atomic E-state index is 12.4. The molecule has 1 aromatic heterocycles. The second-order valence-corrected chi connectivity index (χ2v) is 7.83. The molecule has 1 heterocycles. The molecule has 146 valence electrons. The molecule has 3 rings (SSSR count). The van der Waals surface area contributed by atoms with Gasteiger partial charge in [0.15, 0.2) is 16.6 Å². The van der Waals surface area contributed by atoms with Crippen molar-refractivity contribution in [3.63, 3.8) is 0 Å². The molecule has 0 atom stereocenters. The predicted molar refractivity (Wildman–Crippen MR) is 113 cm³/mol. The Morgan fingerprint density at radius 2 is 1.86 bits per heavy atom. The first-order chi connectivity index (χ1) is 13.5. The molecule has 0 bridgehead atoms. The van der Waals surface area contributed by atoms with Crippen molar-refractivity contribution in [3.05, 3.63) is 69.2 Å². The van der Waals surface area contributed by atoms with Crippen molar-refractivity contribution in [3.8, 4) is 11.5 Å². The van der Waals surface area contributed by atoms with Crippen molar-refractivity contribution < 1.29 is 14.3 Å². The topological polar surface area (TPSA) is 60.5 Å². The number of methoxy groups -OCH3 is 2. The Balaban J connectivity index is 1.61. The number of aryl methyl sites for hydroxylation is 1. The third-order valence-electron chi connectivity index (χ3n) is 4.23. The predicted octanol–water partition coefficient (Wildman–Crippen LogP) is 4.89. The molecule has 28 heavy (non-hydrogen) atoms. The highest BCUT2D eigenvalue weighted by Crippen LogP contribution is 2.28. The zero-order valence-corrected chi connectivity index (χ0v) is 17.5. The van der Waals surface area contributed by atoms with Gasteiger partial charge in [-0.2, -0.15) is 0 Å². The van der Waals surface area contributed by atoms with Gasteiger partial charge in [0, 0.05) is 22.5 Å². The number of anilines is 1. The summed E-state index contributed by atoms with van der Waals surface area (Å²) < 4.78 is 10.5. The van der Waals surface area contributed by atoms with E-state index >= 15 is 0 Å². The Morgan fingerprint density at radius 3 is 2.57 bits per heavy atom. The molecule has 0 spiro atoms. The molecular formula is C21H21ClN2O3S. The van der Waals surface area contributed by atoms with E-state index in [-0.39, 0.29) is 12.3 Å². The van der Waals surface area contributed by atoms with E-state index in [1.165, 1.54) is 11.3 Å². The monoisotopic (exact) mass is 416 g/mol. The number of ether oxygens (including phenoxy) is 2.